The van der Waals surface area contributed by atoms with E-state index in [-0.39, 0.29) is 12.0 Å². The van der Waals surface area contributed by atoms with E-state index < -0.39 is 0 Å². The van der Waals surface area contributed by atoms with E-state index in [1.165, 1.54) is 11.1 Å². The van der Waals surface area contributed by atoms with E-state index in [9.17, 15) is 0 Å². The van der Waals surface area contributed by atoms with Gasteiger partial charge in [0.15, 0.2) is 0 Å². The topological polar surface area (TPSA) is 56.3 Å². The Labute approximate surface area is 279 Å². The molecule has 228 valence electrons. The van der Waals surface area contributed by atoms with Crippen molar-refractivity contribution in [2.24, 2.45) is 9.98 Å². The van der Waals surface area contributed by atoms with Crippen LogP contribution in [0, 0.1) is 0 Å². The van der Waals surface area contributed by atoms with Crippen molar-refractivity contribution in [3.8, 4) is 0 Å². The maximum Gasteiger partial charge on any atom is 0.0800 e. The molecule has 0 saturated carbocycles. The first-order valence-corrected chi connectivity index (χ1v) is 16.4. The summed E-state index contributed by atoms with van der Waals surface area (Å²) < 4.78 is 0. The first kappa shape index (κ1) is 28.0. The van der Waals surface area contributed by atoms with Crippen LogP contribution < -0.4 is 10.7 Å². The Morgan fingerprint density at radius 2 is 1.06 bits per heavy atom. The van der Waals surface area contributed by atoms with E-state index in [1.807, 2.05) is 0 Å². The summed E-state index contributed by atoms with van der Waals surface area (Å²) in [4.78, 5) is 18.3. The molecule has 0 amide bonds. The second-order valence-corrected chi connectivity index (χ2v) is 12.3. The van der Waals surface area contributed by atoms with Gasteiger partial charge >= 0.3 is 0 Å². The second-order valence-electron chi connectivity index (χ2n) is 12.3. The van der Waals surface area contributed by atoms with Crippen molar-refractivity contribution in [2.75, 3.05) is 0 Å². The summed E-state index contributed by atoms with van der Waals surface area (Å²) in [6, 6.07) is 49.0. The van der Waals surface area contributed by atoms with E-state index in [0.29, 0.717) is 0 Å². The summed E-state index contributed by atoms with van der Waals surface area (Å²) >= 11 is 0. The fourth-order valence-electron chi connectivity index (χ4n) is 7.22. The Morgan fingerprint density at radius 1 is 0.500 bits per heavy atom. The zero-order valence-corrected chi connectivity index (χ0v) is 26.2. The lowest BCUT2D eigenvalue weighted by molar-refractivity contribution is 0.712. The lowest BCUT2D eigenvalue weighted by Gasteiger charge is -2.20. The average Bonchev–Trinajstić information content (AvgIpc) is 3.98. The van der Waals surface area contributed by atoms with Crippen LogP contribution in [0.4, 0.5) is 0 Å². The molecule has 0 aliphatic carbocycles. The van der Waals surface area contributed by atoms with Gasteiger partial charge in [-0.15, -0.1) is 0 Å². The van der Waals surface area contributed by atoms with Gasteiger partial charge in [-0.1, -0.05) is 127 Å². The molecule has 48 heavy (non-hydrogen) atoms. The fourth-order valence-corrected chi connectivity index (χ4v) is 7.22. The molecule has 3 aliphatic heterocycles. The van der Waals surface area contributed by atoms with Crippen LogP contribution in [-0.4, -0.2) is 27.4 Å². The highest BCUT2D eigenvalue weighted by atomic mass is 14.8. The highest BCUT2D eigenvalue weighted by Crippen LogP contribution is 2.38. The van der Waals surface area contributed by atoms with Gasteiger partial charge in [0.2, 0.25) is 0 Å². The number of aliphatic imine (C=N–C) groups is 2. The van der Waals surface area contributed by atoms with Gasteiger partial charge in [0.25, 0.3) is 0 Å². The molecule has 3 aliphatic rings. The zero-order valence-electron chi connectivity index (χ0n) is 26.2. The van der Waals surface area contributed by atoms with Gasteiger partial charge < -0.3 is 9.97 Å². The van der Waals surface area contributed by atoms with Crippen LogP contribution in [0.5, 0.6) is 0 Å². The molecule has 0 spiro atoms. The van der Waals surface area contributed by atoms with E-state index in [0.717, 1.165) is 66.9 Å². The van der Waals surface area contributed by atoms with Crippen molar-refractivity contribution >= 4 is 28.1 Å². The SMILES string of the molecule is C1=C/C2=C(\c3ccccc3)c3cc(c[nH]3)C(c3ccccc3)C3C=CC(=N3)/C(c3ccccc3)=c3/cc/c([nH]3)=C(\c3ccccc3)C1=N2. The van der Waals surface area contributed by atoms with Gasteiger partial charge in [0.1, 0.15) is 0 Å². The highest BCUT2D eigenvalue weighted by molar-refractivity contribution is 6.31. The largest absolute Gasteiger partial charge is 0.361 e. The normalized spacial score (nSPS) is 22.1. The van der Waals surface area contributed by atoms with Crippen molar-refractivity contribution < 1.29 is 0 Å². The number of nitrogens with zero attached hydrogens (tertiary/aromatic N) is 2. The van der Waals surface area contributed by atoms with E-state index >= 15 is 0 Å². The lowest BCUT2D eigenvalue weighted by atomic mass is 9.86. The molecule has 2 atom stereocenters. The number of fused-ring (bicyclic) bond motifs is 6. The average molecular weight is 617 g/mol. The van der Waals surface area contributed by atoms with Crippen molar-refractivity contribution in [2.45, 2.75) is 12.0 Å². The van der Waals surface area contributed by atoms with Crippen LogP contribution in [0.3, 0.4) is 0 Å². The highest BCUT2D eigenvalue weighted by Gasteiger charge is 2.29. The number of rotatable bonds is 4. The predicted molar refractivity (Wildman–Crippen MR) is 196 cm³/mol. The van der Waals surface area contributed by atoms with Crippen LogP contribution in [0.15, 0.2) is 186 Å². The van der Waals surface area contributed by atoms with Gasteiger partial charge in [-0.05, 0) is 64.2 Å². The molecule has 2 aromatic heterocycles. The molecule has 4 nitrogen and oxygen atoms in total. The second kappa shape index (κ2) is 11.8. The van der Waals surface area contributed by atoms with Gasteiger partial charge in [-0.3, -0.25) is 4.99 Å². The minimum Gasteiger partial charge on any atom is -0.361 e. The molecule has 4 heteroatoms. The molecule has 0 radical (unpaired) electrons. The van der Waals surface area contributed by atoms with Gasteiger partial charge in [-0.25, -0.2) is 4.99 Å². The summed E-state index contributed by atoms with van der Waals surface area (Å²) in [6.07, 6.45) is 10.9. The molecular weight excluding hydrogens is 585 g/mol. The molecule has 9 rings (SSSR count). The molecule has 0 fully saturated rings. The molecule has 8 bridgehead atoms. The fraction of sp³-hybridized carbons (Fsp3) is 0.0455. The van der Waals surface area contributed by atoms with Crippen LogP contribution >= 0.6 is 0 Å². The first-order valence-electron chi connectivity index (χ1n) is 16.4. The first-order chi connectivity index (χ1) is 23.8. The number of aromatic amines is 2. The van der Waals surface area contributed by atoms with Gasteiger partial charge in [0.05, 0.1) is 23.2 Å². The van der Waals surface area contributed by atoms with Gasteiger partial charge in [-0.2, -0.15) is 0 Å². The number of allylic oxidation sites excluding steroid dienone is 3. The van der Waals surface area contributed by atoms with Crippen LogP contribution in [-0.2, 0) is 0 Å². The maximum atomic E-state index is 5.47. The van der Waals surface area contributed by atoms with Crippen LogP contribution in [0.1, 0.15) is 39.4 Å². The summed E-state index contributed by atoms with van der Waals surface area (Å²) in [5.41, 5.74) is 12.8. The Morgan fingerprint density at radius 3 is 1.69 bits per heavy atom. The third-order valence-corrected chi connectivity index (χ3v) is 9.39. The number of benzene rings is 4. The zero-order chi connectivity index (χ0) is 31.9. The Hall–Kier alpha value is -6.26. The Kier molecular flexibility index (Phi) is 6.90. The van der Waals surface area contributed by atoms with E-state index in [2.05, 4.69) is 180 Å². The molecule has 0 saturated heterocycles. The summed E-state index contributed by atoms with van der Waals surface area (Å²) in [5.74, 6) is 0.0207. The lowest BCUT2D eigenvalue weighted by Crippen LogP contribution is -2.21. The van der Waals surface area contributed by atoms with Gasteiger partial charge in [0, 0.05) is 45.2 Å². The summed E-state index contributed by atoms with van der Waals surface area (Å²) in [7, 11) is 0. The Bertz CT molecular complexity index is 2420. The third kappa shape index (κ3) is 4.95. The number of nitrogens with one attached hydrogen (secondary N) is 2. The van der Waals surface area contributed by atoms with E-state index in [4.69, 9.17) is 9.98 Å². The standard InChI is InChI=1S/C44H32N4/c1-5-13-29(14-6-1)41-33-27-40(45-28-33)44(32-19-11-4-12-20-32)39-26-25-38(48-39)43(31-17-9-3-10-18-31)37-24-23-36(47-37)42(30-15-7-2-8-16-30)35-22-21-34(41)46-35/h1-28,34,41,45,47H/b42-36-,43-37-,44-39-. The minimum absolute atomic E-state index is 0.0207. The maximum absolute atomic E-state index is 5.47. The molecule has 6 aromatic rings. The Balaban J connectivity index is 1.38. The van der Waals surface area contributed by atoms with Crippen molar-refractivity contribution in [3.63, 3.8) is 0 Å². The molecular formula is C44H32N4. The smallest absolute Gasteiger partial charge is 0.0800 e. The minimum atomic E-state index is -0.0811. The van der Waals surface area contributed by atoms with Crippen molar-refractivity contribution in [1.82, 2.24) is 9.97 Å². The molecule has 5 heterocycles. The molecule has 2 unspecified atom stereocenters. The van der Waals surface area contributed by atoms with E-state index in [1.54, 1.807) is 0 Å². The summed E-state index contributed by atoms with van der Waals surface area (Å²) in [5, 5.41) is 2.02. The molecule has 4 aromatic carbocycles. The van der Waals surface area contributed by atoms with Crippen LogP contribution in [0.2, 0.25) is 0 Å². The number of hydrogen-bond acceptors (Lipinski definition) is 2. The van der Waals surface area contributed by atoms with Crippen LogP contribution in [0.25, 0.3) is 16.7 Å². The predicted octanol–water partition coefficient (Wildman–Crippen LogP) is 7.74. The van der Waals surface area contributed by atoms with Crippen molar-refractivity contribution in [3.05, 3.63) is 220 Å². The summed E-state index contributed by atoms with van der Waals surface area (Å²) in [6.45, 7) is 0. The number of H-pyrrole nitrogens is 2. The van der Waals surface area contributed by atoms with Crippen molar-refractivity contribution in [1.29, 1.82) is 0 Å². The quantitative estimate of drug-likeness (QED) is 0.204. The third-order valence-electron chi connectivity index (χ3n) is 9.39. The molecule has 2 N–H and O–H groups in total. The number of hydrogen-bond donors (Lipinski definition) is 2. The number of aromatic nitrogens is 2. The monoisotopic (exact) mass is 616 g/mol.